The standard InChI is InChI=1S/C20H19Cl2N5O3/c1-12-3-2-4-13(9-12)24-20-26-25-19(30-20)18(28)23-14-10-15(21)17(16(22)11-14)27-5-7-29-8-6-27/h2-4,9-11H,5-8H2,1H3,(H,23,28)(H,24,26). The summed E-state index contributed by atoms with van der Waals surface area (Å²) >= 11 is 12.8. The monoisotopic (exact) mass is 447 g/mol. The van der Waals surface area contributed by atoms with Crippen LogP contribution in [0.3, 0.4) is 0 Å². The van der Waals surface area contributed by atoms with Gasteiger partial charge in [0.2, 0.25) is 0 Å². The van der Waals surface area contributed by atoms with E-state index in [2.05, 4.69) is 25.7 Å². The van der Waals surface area contributed by atoms with Crippen molar-refractivity contribution < 1.29 is 13.9 Å². The number of aromatic nitrogens is 2. The van der Waals surface area contributed by atoms with Crippen LogP contribution in [-0.4, -0.2) is 42.4 Å². The Kier molecular flexibility index (Phi) is 6.08. The lowest BCUT2D eigenvalue weighted by Crippen LogP contribution is -2.36. The van der Waals surface area contributed by atoms with Gasteiger partial charge in [0.25, 0.3) is 0 Å². The van der Waals surface area contributed by atoms with E-state index in [9.17, 15) is 4.79 Å². The highest BCUT2D eigenvalue weighted by Crippen LogP contribution is 2.37. The van der Waals surface area contributed by atoms with Gasteiger partial charge in [0.15, 0.2) is 0 Å². The van der Waals surface area contributed by atoms with E-state index in [0.717, 1.165) is 16.9 Å². The van der Waals surface area contributed by atoms with Crippen LogP contribution in [0.5, 0.6) is 0 Å². The molecule has 0 spiro atoms. The molecule has 1 amide bonds. The molecule has 0 atom stereocenters. The van der Waals surface area contributed by atoms with Gasteiger partial charge < -0.3 is 24.7 Å². The molecule has 10 heteroatoms. The smallest absolute Gasteiger partial charge is 0.320 e. The maximum atomic E-state index is 12.5. The van der Waals surface area contributed by atoms with E-state index >= 15 is 0 Å². The van der Waals surface area contributed by atoms with Gasteiger partial charge in [-0.05, 0) is 36.8 Å². The van der Waals surface area contributed by atoms with Crippen molar-refractivity contribution in [3.05, 3.63) is 57.9 Å². The first-order valence-electron chi connectivity index (χ1n) is 9.30. The van der Waals surface area contributed by atoms with Crippen molar-refractivity contribution in [3.8, 4) is 0 Å². The minimum absolute atomic E-state index is 0.115. The number of hydrogen-bond donors (Lipinski definition) is 2. The minimum atomic E-state index is -0.564. The van der Waals surface area contributed by atoms with E-state index in [-0.39, 0.29) is 11.9 Å². The van der Waals surface area contributed by atoms with Crippen molar-refractivity contribution in [3.63, 3.8) is 0 Å². The topological polar surface area (TPSA) is 92.5 Å². The Bertz CT molecular complexity index is 1040. The largest absolute Gasteiger partial charge is 0.399 e. The Labute approximate surface area is 183 Å². The first-order valence-corrected chi connectivity index (χ1v) is 10.1. The lowest BCUT2D eigenvalue weighted by molar-refractivity contribution is 0.0991. The van der Waals surface area contributed by atoms with Crippen molar-refractivity contribution in [2.75, 3.05) is 41.8 Å². The van der Waals surface area contributed by atoms with Crippen LogP contribution in [0.15, 0.2) is 40.8 Å². The molecule has 1 aliphatic rings. The molecule has 4 rings (SSSR count). The number of carbonyl (C=O) groups is 1. The molecule has 1 aliphatic heterocycles. The number of benzene rings is 2. The molecule has 0 unspecified atom stereocenters. The van der Waals surface area contributed by atoms with E-state index in [1.165, 1.54) is 0 Å². The summed E-state index contributed by atoms with van der Waals surface area (Å²) in [7, 11) is 0. The lowest BCUT2D eigenvalue weighted by Gasteiger charge is -2.30. The highest BCUT2D eigenvalue weighted by Gasteiger charge is 2.20. The lowest BCUT2D eigenvalue weighted by atomic mass is 10.2. The van der Waals surface area contributed by atoms with Gasteiger partial charge in [-0.25, -0.2) is 0 Å². The number of hydrogen-bond acceptors (Lipinski definition) is 7. The summed E-state index contributed by atoms with van der Waals surface area (Å²) in [5, 5.41) is 14.2. The highest BCUT2D eigenvalue weighted by atomic mass is 35.5. The fourth-order valence-electron chi connectivity index (χ4n) is 3.12. The van der Waals surface area contributed by atoms with E-state index in [1.807, 2.05) is 31.2 Å². The number of nitrogens with one attached hydrogen (secondary N) is 2. The number of halogens is 2. The third-order valence-corrected chi connectivity index (χ3v) is 5.07. The highest BCUT2D eigenvalue weighted by molar-refractivity contribution is 6.39. The van der Waals surface area contributed by atoms with Crippen LogP contribution in [0.4, 0.5) is 23.1 Å². The second kappa shape index (κ2) is 8.91. The molecule has 2 N–H and O–H groups in total. The summed E-state index contributed by atoms with van der Waals surface area (Å²) in [6, 6.07) is 11.0. The summed E-state index contributed by atoms with van der Waals surface area (Å²) < 4.78 is 10.8. The van der Waals surface area contributed by atoms with Gasteiger partial charge in [0, 0.05) is 24.5 Å². The number of aryl methyl sites for hydroxylation is 1. The molecule has 0 aliphatic carbocycles. The van der Waals surface area contributed by atoms with Crippen molar-refractivity contribution in [1.82, 2.24) is 10.2 Å². The zero-order valence-electron chi connectivity index (χ0n) is 16.1. The van der Waals surface area contributed by atoms with Gasteiger partial charge in [-0.3, -0.25) is 4.79 Å². The van der Waals surface area contributed by atoms with Crippen LogP contribution in [0.2, 0.25) is 10.0 Å². The summed E-state index contributed by atoms with van der Waals surface area (Å²) in [5.41, 5.74) is 3.01. The van der Waals surface area contributed by atoms with Crippen LogP contribution in [-0.2, 0) is 4.74 Å². The van der Waals surface area contributed by atoms with Crippen molar-refractivity contribution in [2.45, 2.75) is 6.92 Å². The molecule has 1 fully saturated rings. The minimum Gasteiger partial charge on any atom is -0.399 e. The maximum absolute atomic E-state index is 12.5. The van der Waals surface area contributed by atoms with Crippen molar-refractivity contribution >= 4 is 52.2 Å². The van der Waals surface area contributed by atoms with Crippen molar-refractivity contribution in [2.24, 2.45) is 0 Å². The molecule has 8 nitrogen and oxygen atoms in total. The first-order chi connectivity index (χ1) is 14.5. The number of morpholine rings is 1. The predicted molar refractivity (Wildman–Crippen MR) is 116 cm³/mol. The summed E-state index contributed by atoms with van der Waals surface area (Å²) in [5.74, 6) is -0.749. The molecular formula is C20H19Cl2N5O3. The average Bonchev–Trinajstić information content (AvgIpc) is 3.17. The Morgan fingerprint density at radius 2 is 1.80 bits per heavy atom. The van der Waals surface area contributed by atoms with Crippen LogP contribution < -0.4 is 15.5 Å². The van der Waals surface area contributed by atoms with Gasteiger partial charge in [0.1, 0.15) is 0 Å². The molecule has 0 saturated carbocycles. The molecular weight excluding hydrogens is 429 g/mol. The molecule has 156 valence electrons. The van der Waals surface area contributed by atoms with Crippen molar-refractivity contribution in [1.29, 1.82) is 0 Å². The van der Waals surface area contributed by atoms with Gasteiger partial charge >= 0.3 is 17.8 Å². The maximum Gasteiger partial charge on any atom is 0.320 e. The number of ether oxygens (including phenoxy) is 1. The number of rotatable bonds is 5. The Morgan fingerprint density at radius 3 is 2.50 bits per heavy atom. The fraction of sp³-hybridized carbons (Fsp3) is 0.250. The Balaban J connectivity index is 1.45. The van der Waals surface area contributed by atoms with Crippen LogP contribution in [0, 0.1) is 6.92 Å². The predicted octanol–water partition coefficient (Wildman–Crippen LogP) is 4.52. The molecule has 3 aromatic rings. The zero-order chi connectivity index (χ0) is 21.1. The zero-order valence-corrected chi connectivity index (χ0v) is 17.6. The number of amides is 1. The summed E-state index contributed by atoms with van der Waals surface area (Å²) in [6.45, 7) is 4.59. The van der Waals surface area contributed by atoms with E-state index in [0.29, 0.717) is 42.0 Å². The normalized spacial score (nSPS) is 13.9. The quantitative estimate of drug-likeness (QED) is 0.593. The summed E-state index contributed by atoms with van der Waals surface area (Å²) in [4.78, 5) is 14.6. The molecule has 0 radical (unpaired) electrons. The molecule has 2 heterocycles. The second-order valence-corrected chi connectivity index (χ2v) is 7.56. The SMILES string of the molecule is Cc1cccc(Nc2nnc(C(=O)Nc3cc(Cl)c(N4CCOCC4)c(Cl)c3)o2)c1. The van der Waals surface area contributed by atoms with E-state index in [4.69, 9.17) is 32.4 Å². The van der Waals surface area contributed by atoms with Gasteiger partial charge in [-0.2, -0.15) is 0 Å². The van der Waals surface area contributed by atoms with E-state index in [1.54, 1.807) is 12.1 Å². The third-order valence-electron chi connectivity index (χ3n) is 4.49. The molecule has 30 heavy (non-hydrogen) atoms. The Morgan fingerprint density at radius 1 is 1.07 bits per heavy atom. The fourth-order valence-corrected chi connectivity index (χ4v) is 3.85. The molecule has 2 aromatic carbocycles. The summed E-state index contributed by atoms with van der Waals surface area (Å²) in [6.07, 6.45) is 0. The number of nitrogens with zero attached hydrogens (tertiary/aromatic N) is 3. The van der Waals surface area contributed by atoms with Crippen LogP contribution in [0.25, 0.3) is 0 Å². The average molecular weight is 448 g/mol. The number of carbonyl (C=O) groups excluding carboxylic acids is 1. The van der Waals surface area contributed by atoms with E-state index < -0.39 is 5.91 Å². The van der Waals surface area contributed by atoms with Crippen LogP contribution in [0.1, 0.15) is 16.2 Å². The van der Waals surface area contributed by atoms with Gasteiger partial charge in [0.05, 0.1) is 28.9 Å². The Hall–Kier alpha value is -2.81. The molecule has 1 aromatic heterocycles. The first kappa shape index (κ1) is 20.5. The molecule has 0 bridgehead atoms. The van der Waals surface area contributed by atoms with Crippen LogP contribution >= 0.6 is 23.2 Å². The molecule has 1 saturated heterocycles. The second-order valence-electron chi connectivity index (χ2n) is 6.75. The number of anilines is 4. The van der Waals surface area contributed by atoms with Gasteiger partial charge in [-0.15, -0.1) is 5.10 Å². The third kappa shape index (κ3) is 4.67. The van der Waals surface area contributed by atoms with Gasteiger partial charge in [-0.1, -0.05) is 40.4 Å².